The molecule has 0 saturated heterocycles. The van der Waals surface area contributed by atoms with Gasteiger partial charge in [-0.3, -0.25) is 14.4 Å². The lowest BCUT2D eigenvalue weighted by Crippen LogP contribution is -2.59. The fourth-order valence-corrected chi connectivity index (χ4v) is 8.83. The van der Waals surface area contributed by atoms with Crippen molar-refractivity contribution in [3.8, 4) is 0 Å². The molecule has 0 heterocycles. The number of ether oxygens (including phenoxy) is 1. The average molecular weight is 431 g/mol. The van der Waals surface area contributed by atoms with E-state index in [0.29, 0.717) is 18.8 Å². The van der Waals surface area contributed by atoms with Crippen LogP contribution in [0.2, 0.25) is 0 Å². The van der Waals surface area contributed by atoms with Crippen molar-refractivity contribution >= 4 is 17.7 Å². The molecule has 0 radical (unpaired) electrons. The van der Waals surface area contributed by atoms with E-state index in [4.69, 9.17) is 4.74 Å². The first-order valence-corrected chi connectivity index (χ1v) is 11.8. The van der Waals surface area contributed by atoms with Crippen LogP contribution in [0.5, 0.6) is 0 Å². The van der Waals surface area contributed by atoms with Crippen LogP contribution in [0.15, 0.2) is 11.6 Å². The van der Waals surface area contributed by atoms with Gasteiger partial charge in [-0.15, -0.1) is 0 Å². The van der Waals surface area contributed by atoms with Crippen LogP contribution < -0.4 is 0 Å². The minimum absolute atomic E-state index is 0.0245. The van der Waals surface area contributed by atoms with E-state index in [0.717, 1.165) is 31.3 Å². The van der Waals surface area contributed by atoms with E-state index in [9.17, 15) is 24.6 Å². The van der Waals surface area contributed by atoms with Gasteiger partial charge in [0, 0.05) is 18.3 Å². The second-order valence-electron chi connectivity index (χ2n) is 11.4. The monoisotopic (exact) mass is 430 g/mol. The van der Waals surface area contributed by atoms with Gasteiger partial charge in [0.05, 0.1) is 18.6 Å². The van der Waals surface area contributed by atoms with Crippen LogP contribution in [-0.4, -0.2) is 40.6 Å². The maximum absolute atomic E-state index is 13.0. The second kappa shape index (κ2) is 6.66. The molecule has 6 heteroatoms. The van der Waals surface area contributed by atoms with E-state index in [2.05, 4.69) is 13.8 Å². The molecule has 4 saturated carbocycles. The molecule has 2 N–H and O–H groups in total. The van der Waals surface area contributed by atoms with Crippen LogP contribution >= 0.6 is 0 Å². The number of fused-ring (bicyclic) bond motifs is 7. The molecular weight excluding hydrogens is 396 g/mol. The fraction of sp³-hybridized carbons (Fsp3) is 0.800. The summed E-state index contributed by atoms with van der Waals surface area (Å²) in [7, 11) is 1.44. The molecule has 0 aliphatic heterocycles. The standard InChI is InChI=1S/C25H34O6/c1-23-7-4-14(26)10-13(23)11-16(22(29)31-3)20-17(23)5-8-24(2)21(20)15-12-18(15)25(24,30)9-6-19(27)28/h10,15-18,20-21,30H,4-9,11-12H2,1-3H3,(H,27,28)/t15-,16-,17+,18+,20-,21+,23+,24+,25-/m1/s1. The summed E-state index contributed by atoms with van der Waals surface area (Å²) in [5, 5.41) is 21.2. The van der Waals surface area contributed by atoms with Gasteiger partial charge >= 0.3 is 11.9 Å². The number of ketones is 1. The molecule has 5 rings (SSSR count). The second-order valence-corrected chi connectivity index (χ2v) is 11.4. The summed E-state index contributed by atoms with van der Waals surface area (Å²) in [4.78, 5) is 36.5. The number of carbonyl (C=O) groups is 3. The number of carboxylic acids is 1. The average Bonchev–Trinajstić information content (AvgIpc) is 3.48. The summed E-state index contributed by atoms with van der Waals surface area (Å²) < 4.78 is 5.25. The molecule has 31 heavy (non-hydrogen) atoms. The zero-order valence-electron chi connectivity index (χ0n) is 18.7. The predicted molar refractivity (Wildman–Crippen MR) is 112 cm³/mol. The van der Waals surface area contributed by atoms with Gasteiger partial charge in [-0.2, -0.15) is 0 Å². The Morgan fingerprint density at radius 3 is 2.65 bits per heavy atom. The van der Waals surface area contributed by atoms with Crippen molar-refractivity contribution in [2.24, 2.45) is 46.3 Å². The number of esters is 1. The normalized spacial score (nSPS) is 49.8. The molecule has 0 amide bonds. The number of aliphatic hydroxyl groups is 1. The third-order valence-corrected chi connectivity index (χ3v) is 10.4. The molecule has 0 aromatic rings. The van der Waals surface area contributed by atoms with Gasteiger partial charge in [0.15, 0.2) is 5.78 Å². The maximum atomic E-state index is 13.0. The summed E-state index contributed by atoms with van der Waals surface area (Å²) in [6.45, 7) is 4.42. The Morgan fingerprint density at radius 2 is 1.97 bits per heavy atom. The molecule has 0 aromatic carbocycles. The van der Waals surface area contributed by atoms with Crippen LogP contribution in [-0.2, 0) is 19.1 Å². The molecule has 0 aromatic heterocycles. The Morgan fingerprint density at radius 1 is 1.23 bits per heavy atom. The molecule has 6 nitrogen and oxygen atoms in total. The summed E-state index contributed by atoms with van der Waals surface area (Å²) in [5.74, 6) is -0.158. The first kappa shape index (κ1) is 21.2. The van der Waals surface area contributed by atoms with Crippen LogP contribution in [0.25, 0.3) is 0 Å². The van der Waals surface area contributed by atoms with Crippen molar-refractivity contribution in [3.63, 3.8) is 0 Å². The zero-order chi connectivity index (χ0) is 22.3. The van der Waals surface area contributed by atoms with Crippen molar-refractivity contribution in [1.82, 2.24) is 0 Å². The third kappa shape index (κ3) is 2.69. The first-order valence-electron chi connectivity index (χ1n) is 11.8. The lowest BCUT2D eigenvalue weighted by molar-refractivity contribution is -0.177. The van der Waals surface area contributed by atoms with Crippen molar-refractivity contribution < 1.29 is 29.3 Å². The number of rotatable bonds is 4. The fourth-order valence-electron chi connectivity index (χ4n) is 8.83. The third-order valence-electron chi connectivity index (χ3n) is 10.4. The van der Waals surface area contributed by atoms with Gasteiger partial charge < -0.3 is 14.9 Å². The highest BCUT2D eigenvalue weighted by atomic mass is 16.5. The maximum Gasteiger partial charge on any atom is 0.309 e. The predicted octanol–water partition coefficient (Wildman–Crippen LogP) is 3.37. The van der Waals surface area contributed by atoms with Crippen molar-refractivity contribution in [3.05, 3.63) is 11.6 Å². The SMILES string of the molecule is COC(=O)[C@@H]1CC2=CC(=O)CC[C@]2(C)[C@H]2CC[C@@]3(C)[C@@H]([C@@H]4C[C@@H]4[C@]3(O)CCC(=O)O)[C@H]12. The molecule has 0 bridgehead atoms. The Hall–Kier alpha value is -1.69. The highest BCUT2D eigenvalue weighted by Crippen LogP contribution is 2.78. The van der Waals surface area contributed by atoms with Gasteiger partial charge in [0.1, 0.15) is 0 Å². The van der Waals surface area contributed by atoms with E-state index < -0.39 is 11.6 Å². The van der Waals surface area contributed by atoms with Crippen LogP contribution in [0.3, 0.4) is 0 Å². The summed E-state index contributed by atoms with van der Waals surface area (Å²) in [6, 6.07) is 0. The summed E-state index contributed by atoms with van der Waals surface area (Å²) >= 11 is 0. The molecule has 170 valence electrons. The lowest BCUT2D eigenvalue weighted by Gasteiger charge is -2.61. The largest absolute Gasteiger partial charge is 0.481 e. The van der Waals surface area contributed by atoms with E-state index in [1.54, 1.807) is 6.08 Å². The Labute approximate surface area is 183 Å². The molecule has 9 atom stereocenters. The molecule has 5 aliphatic rings. The molecule has 4 fully saturated rings. The van der Waals surface area contributed by atoms with E-state index in [-0.39, 0.29) is 65.0 Å². The van der Waals surface area contributed by atoms with E-state index >= 15 is 0 Å². The lowest BCUT2D eigenvalue weighted by atomic mass is 9.43. The highest BCUT2D eigenvalue weighted by Gasteiger charge is 2.77. The Bertz CT molecular complexity index is 877. The minimum Gasteiger partial charge on any atom is -0.481 e. The van der Waals surface area contributed by atoms with Gasteiger partial charge in [-0.25, -0.2) is 0 Å². The van der Waals surface area contributed by atoms with Crippen LogP contribution in [0.4, 0.5) is 0 Å². The van der Waals surface area contributed by atoms with Crippen LogP contribution in [0, 0.1) is 46.3 Å². The minimum atomic E-state index is -0.980. The molecule has 0 unspecified atom stereocenters. The molecular formula is C25H34O6. The highest BCUT2D eigenvalue weighted by molar-refractivity contribution is 5.92. The number of hydrogen-bond acceptors (Lipinski definition) is 5. The van der Waals surface area contributed by atoms with E-state index in [1.165, 1.54) is 7.11 Å². The van der Waals surface area contributed by atoms with E-state index in [1.807, 2.05) is 0 Å². The number of aliphatic carboxylic acids is 1. The van der Waals surface area contributed by atoms with Gasteiger partial charge in [0.2, 0.25) is 0 Å². The quantitative estimate of drug-likeness (QED) is 0.663. The first-order chi connectivity index (χ1) is 14.6. The van der Waals surface area contributed by atoms with Crippen molar-refractivity contribution in [2.45, 2.75) is 70.8 Å². The van der Waals surface area contributed by atoms with Gasteiger partial charge in [-0.1, -0.05) is 19.4 Å². The number of carbonyl (C=O) groups excluding carboxylic acids is 2. The smallest absolute Gasteiger partial charge is 0.309 e. The van der Waals surface area contributed by atoms with Gasteiger partial charge in [0.25, 0.3) is 0 Å². The Kier molecular flexibility index (Phi) is 4.55. The number of methoxy groups -OCH3 is 1. The van der Waals surface area contributed by atoms with Crippen molar-refractivity contribution in [2.75, 3.05) is 7.11 Å². The zero-order valence-corrected chi connectivity index (χ0v) is 18.7. The molecule has 0 spiro atoms. The van der Waals surface area contributed by atoms with Crippen LogP contribution in [0.1, 0.15) is 65.2 Å². The Balaban J connectivity index is 1.57. The molecule has 5 aliphatic carbocycles. The summed E-state index contributed by atoms with van der Waals surface area (Å²) in [6.07, 6.45) is 6.65. The number of hydrogen-bond donors (Lipinski definition) is 2. The number of allylic oxidation sites excluding steroid dienone is 1. The topological polar surface area (TPSA) is 101 Å². The number of carboxylic acid groups (broad SMARTS) is 1. The summed E-state index contributed by atoms with van der Waals surface area (Å²) in [5.41, 5.74) is -0.343. The van der Waals surface area contributed by atoms with Gasteiger partial charge in [-0.05, 0) is 79.6 Å². The van der Waals surface area contributed by atoms with Crippen molar-refractivity contribution in [1.29, 1.82) is 0 Å².